The highest BCUT2D eigenvalue weighted by Gasteiger charge is 2.31. The van der Waals surface area contributed by atoms with E-state index in [0.29, 0.717) is 0 Å². The first-order valence-electron chi connectivity index (χ1n) is 14.0. The molecule has 0 amide bonds. The zero-order valence-corrected chi connectivity index (χ0v) is 22.0. The Labute approximate surface area is 235 Å². The summed E-state index contributed by atoms with van der Waals surface area (Å²) in [5.74, 6) is 1.79. The molecule has 0 saturated heterocycles. The van der Waals surface area contributed by atoms with E-state index in [2.05, 4.69) is 119 Å². The van der Waals surface area contributed by atoms with Gasteiger partial charge in [0, 0.05) is 45.4 Å². The first-order valence-corrected chi connectivity index (χ1v) is 14.0. The highest BCUT2D eigenvalue weighted by Crippen LogP contribution is 2.52. The number of aromatic nitrogens is 1. The fourth-order valence-electron chi connectivity index (χ4n) is 7.03. The maximum absolute atomic E-state index is 6.70. The van der Waals surface area contributed by atoms with Crippen LogP contribution < -0.4 is 9.64 Å². The zero-order valence-electron chi connectivity index (χ0n) is 22.0. The number of fused-ring (bicyclic) bond motifs is 4. The van der Waals surface area contributed by atoms with Gasteiger partial charge in [0.15, 0.2) is 11.5 Å². The fraction of sp³-hybridized carbons (Fsp3) is 0.0270. The van der Waals surface area contributed by atoms with Crippen LogP contribution in [-0.4, -0.2) is 4.57 Å². The van der Waals surface area contributed by atoms with E-state index in [1.807, 2.05) is 12.1 Å². The number of para-hydroxylation sites is 4. The first-order chi connectivity index (χ1) is 20.3. The van der Waals surface area contributed by atoms with Gasteiger partial charge in [-0.3, -0.25) is 0 Å². The molecule has 0 radical (unpaired) electrons. The molecule has 2 aromatic heterocycles. The molecule has 0 N–H and O–H groups in total. The van der Waals surface area contributed by atoms with Crippen LogP contribution in [0.5, 0.6) is 11.5 Å². The summed E-state index contributed by atoms with van der Waals surface area (Å²) < 4.78 is 15.3. The van der Waals surface area contributed by atoms with E-state index in [1.54, 1.807) is 0 Å². The van der Waals surface area contributed by atoms with Gasteiger partial charge in [-0.2, -0.15) is 0 Å². The van der Waals surface area contributed by atoms with Crippen molar-refractivity contribution in [2.75, 3.05) is 4.90 Å². The lowest BCUT2D eigenvalue weighted by atomic mass is 9.97. The molecule has 0 bridgehead atoms. The summed E-state index contributed by atoms with van der Waals surface area (Å²) in [5, 5.41) is 4.68. The molecule has 0 spiro atoms. The second-order valence-electron chi connectivity index (χ2n) is 11.0. The molecule has 4 nitrogen and oxygen atoms in total. The normalized spacial score (nSPS) is 13.0. The van der Waals surface area contributed by atoms with Crippen LogP contribution in [0.25, 0.3) is 49.4 Å². The molecule has 0 saturated carbocycles. The summed E-state index contributed by atoms with van der Waals surface area (Å²) >= 11 is 0. The van der Waals surface area contributed by atoms with Crippen LogP contribution in [-0.2, 0) is 6.42 Å². The molecule has 2 aliphatic rings. The highest BCUT2D eigenvalue weighted by molar-refractivity contribution is 6.15. The standard InChI is InChI=1S/C37H22N2O2/c1-2-10-24(11-3-1)38(25-16-17-32-29(19-25)27-12-4-5-14-31(27)40-32)26-20-30-28-13-6-8-22-18-23-9-7-15-33-36(23)39(35(22)28)37(30)34(21-26)41-33/h1-17,19-21H,18H2. The fourth-order valence-corrected chi connectivity index (χ4v) is 7.03. The largest absolute Gasteiger partial charge is 0.456 e. The molecule has 2 aliphatic heterocycles. The minimum absolute atomic E-state index is 0.877. The molecule has 0 unspecified atom stereocenters. The number of nitrogens with zero attached hydrogens (tertiary/aromatic N) is 2. The van der Waals surface area contributed by atoms with Crippen molar-refractivity contribution in [2.24, 2.45) is 0 Å². The average Bonchev–Trinajstić information content (AvgIpc) is 3.55. The molecule has 10 rings (SSSR count). The summed E-state index contributed by atoms with van der Waals surface area (Å²) in [6.07, 6.45) is 0.914. The lowest BCUT2D eigenvalue weighted by molar-refractivity contribution is 0.475. The van der Waals surface area contributed by atoms with Crippen LogP contribution in [0, 0.1) is 0 Å². The molecule has 0 fully saturated rings. The lowest BCUT2D eigenvalue weighted by Crippen LogP contribution is -2.13. The van der Waals surface area contributed by atoms with Crippen molar-refractivity contribution in [3.8, 4) is 17.2 Å². The Morgan fingerprint density at radius 3 is 2.24 bits per heavy atom. The van der Waals surface area contributed by atoms with E-state index < -0.39 is 0 Å². The van der Waals surface area contributed by atoms with Gasteiger partial charge in [0.2, 0.25) is 0 Å². The van der Waals surface area contributed by atoms with E-state index >= 15 is 0 Å². The van der Waals surface area contributed by atoms with E-state index in [-0.39, 0.29) is 0 Å². The van der Waals surface area contributed by atoms with E-state index in [1.165, 1.54) is 33.1 Å². The average molecular weight is 527 g/mol. The lowest BCUT2D eigenvalue weighted by Gasteiger charge is -2.29. The van der Waals surface area contributed by atoms with Gasteiger partial charge in [-0.05, 0) is 59.7 Å². The van der Waals surface area contributed by atoms with Gasteiger partial charge in [0.25, 0.3) is 0 Å². The van der Waals surface area contributed by atoms with Crippen LogP contribution >= 0.6 is 0 Å². The van der Waals surface area contributed by atoms with Crippen molar-refractivity contribution in [3.63, 3.8) is 0 Å². The molecule has 6 aromatic carbocycles. The maximum Gasteiger partial charge on any atom is 0.154 e. The number of rotatable bonds is 3. The summed E-state index contributed by atoms with van der Waals surface area (Å²) in [7, 11) is 0. The van der Waals surface area contributed by atoms with Gasteiger partial charge in [0.05, 0.1) is 22.4 Å². The molecule has 4 heterocycles. The first kappa shape index (κ1) is 21.4. The predicted molar refractivity (Wildman–Crippen MR) is 166 cm³/mol. The van der Waals surface area contributed by atoms with Crippen molar-refractivity contribution >= 4 is 60.8 Å². The molecule has 41 heavy (non-hydrogen) atoms. The summed E-state index contributed by atoms with van der Waals surface area (Å²) in [4.78, 5) is 2.32. The van der Waals surface area contributed by atoms with Crippen LogP contribution in [0.4, 0.5) is 17.1 Å². The molecule has 0 atom stereocenters. The van der Waals surface area contributed by atoms with Crippen molar-refractivity contribution in [1.82, 2.24) is 4.57 Å². The van der Waals surface area contributed by atoms with Gasteiger partial charge < -0.3 is 18.6 Å². The van der Waals surface area contributed by atoms with Gasteiger partial charge in [-0.25, -0.2) is 0 Å². The SMILES string of the molecule is c1ccc(N(c2ccc3oc4ccccc4c3c2)c2cc3c4c(c2)c2cccc5c2n4-c2c(cccc2O3)C5)cc1. The Balaban J connectivity index is 1.28. The monoisotopic (exact) mass is 526 g/mol. The van der Waals surface area contributed by atoms with Crippen molar-refractivity contribution in [3.05, 3.63) is 132 Å². The van der Waals surface area contributed by atoms with Crippen LogP contribution in [0.15, 0.2) is 126 Å². The molecular weight excluding hydrogens is 504 g/mol. The van der Waals surface area contributed by atoms with E-state index in [9.17, 15) is 0 Å². The third-order valence-electron chi connectivity index (χ3n) is 8.71. The van der Waals surface area contributed by atoms with Gasteiger partial charge in [0.1, 0.15) is 11.2 Å². The molecule has 8 aromatic rings. The number of anilines is 3. The number of hydrogen-bond donors (Lipinski definition) is 0. The topological polar surface area (TPSA) is 30.5 Å². The maximum atomic E-state index is 6.70. The van der Waals surface area contributed by atoms with Crippen molar-refractivity contribution in [1.29, 1.82) is 0 Å². The molecule has 0 aliphatic carbocycles. The quantitative estimate of drug-likeness (QED) is 0.229. The van der Waals surface area contributed by atoms with Gasteiger partial charge >= 0.3 is 0 Å². The summed E-state index contributed by atoms with van der Waals surface area (Å²) in [5.41, 5.74) is 11.3. The number of furan rings is 1. The minimum atomic E-state index is 0.877. The Kier molecular flexibility index (Phi) is 3.95. The Morgan fingerprint density at radius 2 is 1.29 bits per heavy atom. The summed E-state index contributed by atoms with van der Waals surface area (Å²) in [6, 6.07) is 42.9. The van der Waals surface area contributed by atoms with Crippen LogP contribution in [0.1, 0.15) is 11.1 Å². The van der Waals surface area contributed by atoms with Gasteiger partial charge in [-0.1, -0.05) is 66.7 Å². The van der Waals surface area contributed by atoms with Crippen molar-refractivity contribution < 1.29 is 9.15 Å². The Bertz CT molecular complexity index is 2380. The molecular formula is C37H22N2O2. The van der Waals surface area contributed by atoms with Crippen molar-refractivity contribution in [2.45, 2.75) is 6.42 Å². The number of benzene rings is 6. The van der Waals surface area contributed by atoms with Crippen LogP contribution in [0.3, 0.4) is 0 Å². The molecule has 4 heteroatoms. The smallest absolute Gasteiger partial charge is 0.154 e. The van der Waals surface area contributed by atoms with E-state index in [4.69, 9.17) is 9.15 Å². The number of ether oxygens (including phenoxy) is 1. The van der Waals surface area contributed by atoms with Crippen LogP contribution in [0.2, 0.25) is 0 Å². The molecule has 192 valence electrons. The second-order valence-corrected chi connectivity index (χ2v) is 11.0. The third-order valence-corrected chi connectivity index (χ3v) is 8.71. The second kappa shape index (κ2) is 7.58. The Morgan fingerprint density at radius 1 is 0.512 bits per heavy atom. The summed E-state index contributed by atoms with van der Waals surface area (Å²) in [6.45, 7) is 0. The van der Waals surface area contributed by atoms with Gasteiger partial charge in [-0.15, -0.1) is 0 Å². The minimum Gasteiger partial charge on any atom is -0.456 e. The third kappa shape index (κ3) is 2.78. The van der Waals surface area contributed by atoms with E-state index in [0.717, 1.165) is 62.4 Å². The highest BCUT2D eigenvalue weighted by atomic mass is 16.5. The predicted octanol–water partition coefficient (Wildman–Crippen LogP) is 10.2. The zero-order chi connectivity index (χ0) is 26.7. The Hall–Kier alpha value is -5.48. The number of hydrogen-bond acceptors (Lipinski definition) is 3.